The SMILES string of the molecule is COC(=O)C(C)N[C@@H](C)C(=O)OC. The fourth-order valence-electron chi connectivity index (χ4n) is 0.865. The average molecular weight is 189 g/mol. The highest BCUT2D eigenvalue weighted by Gasteiger charge is 2.20. The number of rotatable bonds is 4. The summed E-state index contributed by atoms with van der Waals surface area (Å²) >= 11 is 0. The molecule has 1 unspecified atom stereocenters. The van der Waals surface area contributed by atoms with Crippen LogP contribution in [-0.4, -0.2) is 38.2 Å². The molecule has 0 bridgehead atoms. The third-order valence-electron chi connectivity index (χ3n) is 1.61. The molecule has 0 aliphatic carbocycles. The normalized spacial score (nSPS) is 14.5. The summed E-state index contributed by atoms with van der Waals surface area (Å²) in [6.45, 7) is 3.23. The smallest absolute Gasteiger partial charge is 0.322 e. The van der Waals surface area contributed by atoms with Gasteiger partial charge in [0.1, 0.15) is 12.1 Å². The molecule has 1 N–H and O–H groups in total. The molecule has 0 aromatic rings. The van der Waals surface area contributed by atoms with Crippen LogP contribution >= 0.6 is 0 Å². The van der Waals surface area contributed by atoms with Gasteiger partial charge in [0.05, 0.1) is 14.2 Å². The van der Waals surface area contributed by atoms with Crippen molar-refractivity contribution in [1.82, 2.24) is 5.32 Å². The second kappa shape index (κ2) is 5.53. The average Bonchev–Trinajstić information content (AvgIpc) is 2.14. The second-order valence-corrected chi connectivity index (χ2v) is 2.66. The number of hydrogen-bond donors (Lipinski definition) is 1. The quantitative estimate of drug-likeness (QED) is 0.615. The molecule has 0 fully saturated rings. The van der Waals surface area contributed by atoms with Crippen molar-refractivity contribution >= 4 is 11.9 Å². The highest BCUT2D eigenvalue weighted by atomic mass is 16.5. The highest BCUT2D eigenvalue weighted by Crippen LogP contribution is 1.92. The summed E-state index contributed by atoms with van der Waals surface area (Å²) in [4.78, 5) is 21.8. The van der Waals surface area contributed by atoms with Crippen LogP contribution in [0.1, 0.15) is 13.8 Å². The lowest BCUT2D eigenvalue weighted by molar-refractivity contribution is -0.145. The topological polar surface area (TPSA) is 64.6 Å². The maximum atomic E-state index is 10.9. The summed E-state index contributed by atoms with van der Waals surface area (Å²) in [5.41, 5.74) is 0. The lowest BCUT2D eigenvalue weighted by Gasteiger charge is -2.15. The van der Waals surface area contributed by atoms with Gasteiger partial charge in [0.2, 0.25) is 0 Å². The lowest BCUT2D eigenvalue weighted by Crippen LogP contribution is -2.44. The second-order valence-electron chi connectivity index (χ2n) is 2.66. The number of nitrogens with one attached hydrogen (secondary N) is 1. The molecule has 13 heavy (non-hydrogen) atoms. The molecule has 0 saturated carbocycles. The van der Waals surface area contributed by atoms with E-state index in [1.807, 2.05) is 0 Å². The van der Waals surface area contributed by atoms with Gasteiger partial charge in [0.25, 0.3) is 0 Å². The number of carbonyl (C=O) groups is 2. The molecule has 0 aromatic carbocycles. The summed E-state index contributed by atoms with van der Waals surface area (Å²) in [5, 5.41) is 2.73. The Kier molecular flexibility index (Phi) is 5.06. The van der Waals surface area contributed by atoms with Crippen LogP contribution in [0.5, 0.6) is 0 Å². The van der Waals surface area contributed by atoms with E-state index in [1.54, 1.807) is 13.8 Å². The Morgan fingerprint density at radius 3 is 1.54 bits per heavy atom. The zero-order valence-corrected chi connectivity index (χ0v) is 8.29. The van der Waals surface area contributed by atoms with E-state index in [4.69, 9.17) is 0 Å². The van der Waals surface area contributed by atoms with Gasteiger partial charge in [-0.25, -0.2) is 0 Å². The molecule has 5 nitrogen and oxygen atoms in total. The monoisotopic (exact) mass is 189 g/mol. The first-order valence-corrected chi connectivity index (χ1v) is 3.94. The van der Waals surface area contributed by atoms with Crippen LogP contribution in [0.2, 0.25) is 0 Å². The fraction of sp³-hybridized carbons (Fsp3) is 0.750. The van der Waals surface area contributed by atoms with Crippen molar-refractivity contribution in [3.8, 4) is 0 Å². The molecule has 0 aromatic heterocycles. The summed E-state index contributed by atoms with van der Waals surface area (Å²) in [7, 11) is 2.59. The summed E-state index contributed by atoms with van der Waals surface area (Å²) in [5.74, 6) is -0.813. The van der Waals surface area contributed by atoms with Crippen LogP contribution < -0.4 is 5.32 Å². The molecule has 0 spiro atoms. The van der Waals surface area contributed by atoms with Gasteiger partial charge < -0.3 is 9.47 Å². The van der Waals surface area contributed by atoms with Gasteiger partial charge in [-0.15, -0.1) is 0 Å². The molecular weight excluding hydrogens is 174 g/mol. The summed E-state index contributed by atoms with van der Waals surface area (Å²) in [6, 6.07) is -1.03. The highest BCUT2D eigenvalue weighted by molar-refractivity contribution is 5.78. The Morgan fingerprint density at radius 2 is 1.31 bits per heavy atom. The molecule has 0 saturated heterocycles. The Balaban J connectivity index is 3.98. The van der Waals surface area contributed by atoms with Gasteiger partial charge in [0, 0.05) is 0 Å². The maximum Gasteiger partial charge on any atom is 0.322 e. The number of esters is 2. The number of hydrogen-bond acceptors (Lipinski definition) is 5. The molecule has 76 valence electrons. The molecule has 0 aliphatic heterocycles. The van der Waals surface area contributed by atoms with Crippen molar-refractivity contribution in [3.63, 3.8) is 0 Å². The molecule has 0 aliphatic rings. The standard InChI is InChI=1S/C8H15NO4/c1-5(7(10)12-3)9-6(2)8(11)13-4/h5-6,9H,1-4H3/t5-,6?/m0/s1. The predicted octanol–water partition coefficient (Wildman–Crippen LogP) is -0.301. The Hall–Kier alpha value is -1.10. The van der Waals surface area contributed by atoms with E-state index >= 15 is 0 Å². The molecular formula is C8H15NO4. The number of carbonyl (C=O) groups excluding carboxylic acids is 2. The zero-order chi connectivity index (χ0) is 10.4. The van der Waals surface area contributed by atoms with E-state index in [1.165, 1.54) is 14.2 Å². The van der Waals surface area contributed by atoms with Gasteiger partial charge in [0.15, 0.2) is 0 Å². The molecule has 0 radical (unpaired) electrons. The van der Waals surface area contributed by atoms with Gasteiger partial charge in [-0.1, -0.05) is 0 Å². The lowest BCUT2D eigenvalue weighted by atomic mass is 10.2. The molecule has 0 rings (SSSR count). The third kappa shape index (κ3) is 3.89. The van der Waals surface area contributed by atoms with Crippen molar-refractivity contribution < 1.29 is 19.1 Å². The van der Waals surface area contributed by atoms with Crippen molar-refractivity contribution in [2.75, 3.05) is 14.2 Å². The predicted molar refractivity (Wildman–Crippen MR) is 46.1 cm³/mol. The minimum Gasteiger partial charge on any atom is -0.468 e. The van der Waals surface area contributed by atoms with E-state index < -0.39 is 24.0 Å². The summed E-state index contributed by atoms with van der Waals surface area (Å²) in [6.07, 6.45) is 0. The van der Waals surface area contributed by atoms with Crippen LogP contribution in [0, 0.1) is 0 Å². The van der Waals surface area contributed by atoms with E-state index in [2.05, 4.69) is 14.8 Å². The van der Waals surface area contributed by atoms with Gasteiger partial charge >= 0.3 is 11.9 Å². The number of methoxy groups -OCH3 is 2. The summed E-state index contributed by atoms with van der Waals surface area (Å²) < 4.78 is 8.95. The Labute approximate surface area is 77.4 Å². The zero-order valence-electron chi connectivity index (χ0n) is 8.29. The van der Waals surface area contributed by atoms with Crippen LogP contribution in [0.15, 0.2) is 0 Å². The Morgan fingerprint density at radius 1 is 1.00 bits per heavy atom. The molecule has 5 heteroatoms. The van der Waals surface area contributed by atoms with E-state index in [9.17, 15) is 9.59 Å². The first-order chi connectivity index (χ1) is 6.02. The Bertz CT molecular complexity index is 173. The van der Waals surface area contributed by atoms with Crippen LogP contribution in [-0.2, 0) is 19.1 Å². The van der Waals surface area contributed by atoms with Crippen molar-refractivity contribution in [2.45, 2.75) is 25.9 Å². The van der Waals surface area contributed by atoms with Crippen molar-refractivity contribution in [3.05, 3.63) is 0 Å². The van der Waals surface area contributed by atoms with E-state index in [0.717, 1.165) is 0 Å². The van der Waals surface area contributed by atoms with Crippen molar-refractivity contribution in [1.29, 1.82) is 0 Å². The van der Waals surface area contributed by atoms with Crippen molar-refractivity contribution in [2.24, 2.45) is 0 Å². The third-order valence-corrected chi connectivity index (χ3v) is 1.61. The largest absolute Gasteiger partial charge is 0.468 e. The molecule has 0 amide bonds. The van der Waals surface area contributed by atoms with Crippen LogP contribution in [0.25, 0.3) is 0 Å². The number of ether oxygens (including phenoxy) is 2. The van der Waals surface area contributed by atoms with Gasteiger partial charge in [-0.3, -0.25) is 14.9 Å². The van der Waals surface area contributed by atoms with E-state index in [0.29, 0.717) is 0 Å². The minimum absolute atomic E-state index is 0.407. The molecule has 2 atom stereocenters. The van der Waals surface area contributed by atoms with Gasteiger partial charge in [-0.2, -0.15) is 0 Å². The van der Waals surface area contributed by atoms with Gasteiger partial charge in [-0.05, 0) is 13.8 Å². The van der Waals surface area contributed by atoms with E-state index in [-0.39, 0.29) is 0 Å². The van der Waals surface area contributed by atoms with Crippen LogP contribution in [0.4, 0.5) is 0 Å². The maximum absolute atomic E-state index is 10.9. The fourth-order valence-corrected chi connectivity index (χ4v) is 0.865. The first kappa shape index (κ1) is 11.9. The molecule has 0 heterocycles. The first-order valence-electron chi connectivity index (χ1n) is 3.94. The minimum atomic E-state index is -0.515. The van der Waals surface area contributed by atoms with Crippen LogP contribution in [0.3, 0.4) is 0 Å².